The van der Waals surface area contributed by atoms with Crippen molar-refractivity contribution < 1.29 is 23.1 Å². The fourth-order valence-corrected chi connectivity index (χ4v) is 5.80. The van der Waals surface area contributed by atoms with Crippen LogP contribution in [0.5, 0.6) is 0 Å². The number of nitrogens with zero attached hydrogens (tertiary/aromatic N) is 2. The molecule has 0 spiro atoms. The van der Waals surface area contributed by atoms with Gasteiger partial charge in [0.25, 0.3) is 0 Å². The van der Waals surface area contributed by atoms with Gasteiger partial charge in [0, 0.05) is 13.0 Å². The number of imidazole rings is 1. The largest absolute Gasteiger partial charge is 0.412 e. The predicted molar refractivity (Wildman–Crippen MR) is 145 cm³/mol. The summed E-state index contributed by atoms with van der Waals surface area (Å²) in [5.41, 5.74) is 2.18. The molecule has 0 saturated heterocycles. The number of rotatable bonds is 11. The van der Waals surface area contributed by atoms with Crippen LogP contribution in [0.3, 0.4) is 0 Å². The summed E-state index contributed by atoms with van der Waals surface area (Å²) in [5, 5.41) is 12.5. The Hall–Kier alpha value is -2.84. The molecular formula is C30H35ClF3N3O2. The van der Waals surface area contributed by atoms with Gasteiger partial charge in [-0.15, -0.1) is 0 Å². The molecule has 1 aromatic heterocycles. The number of aromatic nitrogens is 2. The first kappa shape index (κ1) is 29.2. The number of aliphatic hydroxyl groups excluding tert-OH is 1. The molecule has 1 fully saturated rings. The third-order valence-electron chi connectivity index (χ3n) is 7.59. The number of hydrogen-bond donors (Lipinski definition) is 2. The van der Waals surface area contributed by atoms with E-state index in [0.717, 1.165) is 56.3 Å². The Morgan fingerprint density at radius 3 is 2.36 bits per heavy atom. The van der Waals surface area contributed by atoms with Crippen LogP contribution in [0.4, 0.5) is 13.2 Å². The van der Waals surface area contributed by atoms with Crippen molar-refractivity contribution in [1.29, 1.82) is 0 Å². The fourth-order valence-electron chi connectivity index (χ4n) is 5.54. The van der Waals surface area contributed by atoms with E-state index in [0.29, 0.717) is 17.8 Å². The maximum absolute atomic E-state index is 14.0. The van der Waals surface area contributed by atoms with Gasteiger partial charge in [0.15, 0.2) is 11.2 Å². The molecule has 2 atom stereocenters. The van der Waals surface area contributed by atoms with Gasteiger partial charge in [0.05, 0.1) is 18.2 Å². The first-order chi connectivity index (χ1) is 18.7. The van der Waals surface area contributed by atoms with Crippen LogP contribution in [0, 0.1) is 5.92 Å². The van der Waals surface area contributed by atoms with Crippen LogP contribution in [-0.4, -0.2) is 26.7 Å². The Kier molecular flexibility index (Phi) is 9.72. The molecule has 5 nitrogen and oxygen atoms in total. The van der Waals surface area contributed by atoms with Gasteiger partial charge in [-0.3, -0.25) is 4.79 Å². The summed E-state index contributed by atoms with van der Waals surface area (Å²) in [6.45, 7) is 2.30. The van der Waals surface area contributed by atoms with Crippen LogP contribution < -0.4 is 5.32 Å². The molecule has 0 radical (unpaired) electrons. The maximum atomic E-state index is 14.0. The molecular weight excluding hydrogens is 527 g/mol. The van der Waals surface area contributed by atoms with Crippen molar-refractivity contribution in [2.45, 2.75) is 83.2 Å². The minimum Gasteiger partial charge on any atom is -0.390 e. The third kappa shape index (κ3) is 7.03. The molecule has 0 bridgehead atoms. The molecule has 2 N–H and O–H groups in total. The summed E-state index contributed by atoms with van der Waals surface area (Å²) < 4.78 is 43.9. The van der Waals surface area contributed by atoms with Gasteiger partial charge in [0.1, 0.15) is 5.82 Å². The Balaban J connectivity index is 1.59. The lowest BCUT2D eigenvalue weighted by Gasteiger charge is -2.28. The number of unbranched alkanes of at least 4 members (excludes halogenated alkanes) is 1. The fraction of sp³-hybridized carbons (Fsp3) is 0.467. The number of halogens is 4. The van der Waals surface area contributed by atoms with E-state index >= 15 is 0 Å². The highest BCUT2D eigenvalue weighted by Crippen LogP contribution is 2.40. The predicted octanol–water partition coefficient (Wildman–Crippen LogP) is 7.11. The van der Waals surface area contributed by atoms with Gasteiger partial charge in [-0.25, -0.2) is 4.98 Å². The minimum atomic E-state index is -4.62. The van der Waals surface area contributed by atoms with Crippen molar-refractivity contribution in [3.05, 3.63) is 88.0 Å². The Bertz CT molecular complexity index is 1220. The minimum absolute atomic E-state index is 0.0106. The van der Waals surface area contributed by atoms with E-state index in [-0.39, 0.29) is 23.2 Å². The van der Waals surface area contributed by atoms with E-state index in [4.69, 9.17) is 11.6 Å². The van der Waals surface area contributed by atoms with Crippen LogP contribution in [0.25, 0.3) is 0 Å². The molecule has 2 aromatic carbocycles. The lowest BCUT2D eigenvalue weighted by molar-refractivity contribution is -0.164. The second-order valence-corrected chi connectivity index (χ2v) is 10.6. The Morgan fingerprint density at radius 2 is 1.77 bits per heavy atom. The number of nitrogens with one attached hydrogen (secondary N) is 1. The lowest BCUT2D eigenvalue weighted by atomic mass is 9.83. The maximum Gasteiger partial charge on any atom is 0.412 e. The summed E-state index contributed by atoms with van der Waals surface area (Å²) in [7, 11) is 0. The highest BCUT2D eigenvalue weighted by Gasteiger charge is 2.43. The molecule has 9 heteroatoms. The molecule has 210 valence electrons. The van der Waals surface area contributed by atoms with Crippen LogP contribution in [0.1, 0.15) is 85.6 Å². The summed E-state index contributed by atoms with van der Waals surface area (Å²) in [6.07, 6.45) is 1.58. The number of amides is 1. The number of carbonyl (C=O) groups excluding carboxylic acids is 1. The molecule has 4 rings (SSSR count). The molecule has 2 unspecified atom stereocenters. The zero-order valence-corrected chi connectivity index (χ0v) is 22.8. The van der Waals surface area contributed by atoms with Crippen molar-refractivity contribution in [3.8, 4) is 0 Å². The molecule has 1 aliphatic carbocycles. The van der Waals surface area contributed by atoms with Crippen LogP contribution in [0.2, 0.25) is 5.15 Å². The third-order valence-corrected chi connectivity index (χ3v) is 7.89. The molecule has 1 amide bonds. The van der Waals surface area contributed by atoms with Gasteiger partial charge in [-0.1, -0.05) is 92.4 Å². The zero-order chi connectivity index (χ0) is 28.0. The summed E-state index contributed by atoms with van der Waals surface area (Å²) in [4.78, 5) is 17.9. The molecule has 1 heterocycles. The topological polar surface area (TPSA) is 67.2 Å². The number of carbonyl (C=O) groups is 1. The van der Waals surface area contributed by atoms with E-state index in [2.05, 4.69) is 17.2 Å². The first-order valence-electron chi connectivity index (χ1n) is 13.6. The van der Waals surface area contributed by atoms with Crippen LogP contribution in [-0.2, 0) is 24.4 Å². The lowest BCUT2D eigenvalue weighted by Crippen LogP contribution is -2.41. The molecule has 1 saturated carbocycles. The number of aryl methyl sites for hydroxylation is 1. The summed E-state index contributed by atoms with van der Waals surface area (Å²) >= 11 is 6.27. The number of alkyl halides is 3. The van der Waals surface area contributed by atoms with E-state index in [1.165, 1.54) is 24.3 Å². The average Bonchev–Trinajstić information content (AvgIpc) is 3.54. The van der Waals surface area contributed by atoms with E-state index in [1.54, 1.807) is 6.07 Å². The van der Waals surface area contributed by atoms with Crippen molar-refractivity contribution >= 4 is 17.5 Å². The van der Waals surface area contributed by atoms with Crippen LogP contribution >= 0.6 is 11.6 Å². The zero-order valence-electron chi connectivity index (χ0n) is 22.1. The van der Waals surface area contributed by atoms with Gasteiger partial charge in [-0.05, 0) is 41.9 Å². The first-order valence-corrected chi connectivity index (χ1v) is 14.0. The number of aliphatic hydroxyl groups is 1. The molecule has 39 heavy (non-hydrogen) atoms. The van der Waals surface area contributed by atoms with Crippen molar-refractivity contribution in [1.82, 2.24) is 14.9 Å². The highest BCUT2D eigenvalue weighted by molar-refractivity contribution is 6.30. The van der Waals surface area contributed by atoms with E-state index in [9.17, 15) is 23.1 Å². The normalized spacial score (nSPS) is 15.8. The molecule has 3 aromatic rings. The monoisotopic (exact) mass is 561 g/mol. The van der Waals surface area contributed by atoms with E-state index in [1.807, 2.05) is 28.8 Å². The SMILES string of the molecule is CCCCc1nc(Cl)c(CO)n1Cc1ccc(C(C(=O)NC(c2ccccc2)C(F)(F)F)C2CCCC2)cc1. The smallest absolute Gasteiger partial charge is 0.390 e. The number of hydrogen-bond acceptors (Lipinski definition) is 3. The van der Waals surface area contributed by atoms with Crippen molar-refractivity contribution in [3.63, 3.8) is 0 Å². The van der Waals surface area contributed by atoms with Gasteiger partial charge in [-0.2, -0.15) is 13.2 Å². The summed E-state index contributed by atoms with van der Waals surface area (Å²) in [5.74, 6) is -0.496. The second kappa shape index (κ2) is 13.0. The van der Waals surface area contributed by atoms with E-state index < -0.39 is 24.0 Å². The van der Waals surface area contributed by atoms with Crippen LogP contribution in [0.15, 0.2) is 54.6 Å². The van der Waals surface area contributed by atoms with Gasteiger partial charge < -0.3 is 15.0 Å². The van der Waals surface area contributed by atoms with Crippen molar-refractivity contribution in [2.24, 2.45) is 5.92 Å². The average molecular weight is 562 g/mol. The van der Waals surface area contributed by atoms with Crippen molar-refractivity contribution in [2.75, 3.05) is 0 Å². The summed E-state index contributed by atoms with van der Waals surface area (Å²) in [6, 6.07) is 12.9. The second-order valence-electron chi connectivity index (χ2n) is 10.3. The highest BCUT2D eigenvalue weighted by atomic mass is 35.5. The Morgan fingerprint density at radius 1 is 1.10 bits per heavy atom. The Labute approximate surface area is 232 Å². The number of benzene rings is 2. The molecule has 1 aliphatic rings. The van der Waals surface area contributed by atoms with Gasteiger partial charge in [0.2, 0.25) is 5.91 Å². The molecule has 0 aliphatic heterocycles. The quantitative estimate of drug-likeness (QED) is 0.262. The standard InChI is InChI=1S/C30H35ClF3N3O2/c1-2-3-13-25-35-28(31)24(19-38)37(25)18-20-14-16-22(17-15-20)26(21-9-7-8-10-21)29(39)36-27(30(32,33)34)23-11-5-4-6-12-23/h4-6,11-12,14-17,21,26-27,38H,2-3,7-10,13,18-19H2,1H3,(H,36,39). The van der Waals surface area contributed by atoms with Gasteiger partial charge >= 0.3 is 6.18 Å².